The predicted octanol–water partition coefficient (Wildman–Crippen LogP) is 2.89. The highest BCUT2D eigenvalue weighted by Crippen LogP contribution is 2.24. The second-order valence-corrected chi connectivity index (χ2v) is 4.65. The first-order valence-electron chi connectivity index (χ1n) is 4.47. The highest BCUT2D eigenvalue weighted by atomic mass is 79.9. The lowest BCUT2D eigenvalue weighted by Crippen LogP contribution is -2.24. The molecule has 5 nitrogen and oxygen atoms in total. The molecule has 0 aliphatic carbocycles. The van der Waals surface area contributed by atoms with Crippen LogP contribution >= 0.6 is 27.5 Å². The number of benzene rings is 1. The molecule has 0 saturated carbocycles. The Balaban J connectivity index is 2.92. The number of hydrogen-bond donors (Lipinski definition) is 1. The highest BCUT2D eigenvalue weighted by molar-refractivity contribution is 9.11. The minimum absolute atomic E-state index is 0.00329. The Bertz CT molecular complexity index is 490. The summed E-state index contributed by atoms with van der Waals surface area (Å²) in [6.45, 7) is 3.80. The summed E-state index contributed by atoms with van der Waals surface area (Å²) in [6, 6.07) is 3.87. The molecule has 0 saturated heterocycles. The van der Waals surface area contributed by atoms with E-state index in [9.17, 15) is 14.9 Å². The monoisotopic (exact) mass is 318 g/mol. The zero-order valence-electron chi connectivity index (χ0n) is 8.57. The molecule has 0 unspecified atom stereocenters. The zero-order chi connectivity index (χ0) is 13.0. The third-order valence-electron chi connectivity index (χ3n) is 1.85. The fraction of sp³-hybridized carbons (Fsp3) is 0.100. The summed E-state index contributed by atoms with van der Waals surface area (Å²) < 4.78 is 0.606. The van der Waals surface area contributed by atoms with Crippen LogP contribution in [0.15, 0.2) is 29.3 Å². The average molecular weight is 320 g/mol. The lowest BCUT2D eigenvalue weighted by Gasteiger charge is -2.04. The molecule has 7 heteroatoms. The quantitative estimate of drug-likeness (QED) is 0.685. The molecule has 1 rings (SSSR count). The summed E-state index contributed by atoms with van der Waals surface area (Å²) in [7, 11) is 0. The molecule has 0 spiro atoms. The van der Waals surface area contributed by atoms with Gasteiger partial charge in [-0.25, -0.2) is 0 Å². The topological polar surface area (TPSA) is 72.2 Å². The SMILES string of the molecule is C=C(Br)CNC(=O)c1ccc(Cl)c([N+](=O)[O-])c1. The van der Waals surface area contributed by atoms with Gasteiger partial charge in [-0.2, -0.15) is 0 Å². The number of carbonyl (C=O) groups is 1. The minimum Gasteiger partial charge on any atom is -0.347 e. The highest BCUT2D eigenvalue weighted by Gasteiger charge is 2.15. The van der Waals surface area contributed by atoms with Gasteiger partial charge >= 0.3 is 0 Å². The van der Waals surface area contributed by atoms with E-state index in [1.54, 1.807) is 0 Å². The fourth-order valence-electron chi connectivity index (χ4n) is 1.07. The van der Waals surface area contributed by atoms with E-state index in [0.717, 1.165) is 6.07 Å². The first-order valence-corrected chi connectivity index (χ1v) is 5.64. The Kier molecular flexibility index (Phi) is 4.65. The molecule has 0 heterocycles. The standard InChI is InChI=1S/C10H8BrClN2O3/c1-6(11)5-13-10(15)7-2-3-8(12)9(4-7)14(16)17/h2-4H,1,5H2,(H,13,15). The molecule has 0 bridgehead atoms. The van der Waals surface area contributed by atoms with E-state index >= 15 is 0 Å². The largest absolute Gasteiger partial charge is 0.347 e. The lowest BCUT2D eigenvalue weighted by atomic mass is 10.2. The van der Waals surface area contributed by atoms with Crippen LogP contribution in [0.1, 0.15) is 10.4 Å². The van der Waals surface area contributed by atoms with Gasteiger partial charge in [0.1, 0.15) is 5.02 Å². The summed E-state index contributed by atoms with van der Waals surface area (Å²) in [5, 5.41) is 13.2. The summed E-state index contributed by atoms with van der Waals surface area (Å²) in [5.74, 6) is -0.426. The number of nitro groups is 1. The van der Waals surface area contributed by atoms with Crippen LogP contribution < -0.4 is 5.32 Å². The van der Waals surface area contributed by atoms with Crippen molar-refractivity contribution in [3.63, 3.8) is 0 Å². The van der Waals surface area contributed by atoms with Gasteiger partial charge in [0.2, 0.25) is 0 Å². The van der Waals surface area contributed by atoms with E-state index in [1.165, 1.54) is 12.1 Å². The maximum Gasteiger partial charge on any atom is 0.288 e. The number of halogens is 2. The van der Waals surface area contributed by atoms with Crippen LogP contribution in [-0.2, 0) is 0 Å². The Morgan fingerprint density at radius 2 is 2.24 bits per heavy atom. The van der Waals surface area contributed by atoms with Crippen LogP contribution in [0, 0.1) is 10.1 Å². The first-order chi connectivity index (χ1) is 7.91. The van der Waals surface area contributed by atoms with E-state index in [4.69, 9.17) is 11.6 Å². The van der Waals surface area contributed by atoms with E-state index in [2.05, 4.69) is 27.8 Å². The van der Waals surface area contributed by atoms with Gasteiger partial charge in [0.15, 0.2) is 0 Å². The van der Waals surface area contributed by atoms with Crippen LogP contribution in [0.25, 0.3) is 0 Å². The van der Waals surface area contributed by atoms with E-state index < -0.39 is 10.8 Å². The van der Waals surface area contributed by atoms with Crippen molar-refractivity contribution in [2.24, 2.45) is 0 Å². The van der Waals surface area contributed by atoms with Crippen molar-refractivity contribution in [1.29, 1.82) is 0 Å². The molecule has 0 aromatic heterocycles. The first kappa shape index (κ1) is 13.7. The van der Waals surface area contributed by atoms with Crippen molar-refractivity contribution < 1.29 is 9.72 Å². The second kappa shape index (κ2) is 5.79. The molecule has 0 aliphatic rings. The van der Waals surface area contributed by atoms with Crippen molar-refractivity contribution in [2.75, 3.05) is 6.54 Å². The molecular weight excluding hydrogens is 311 g/mol. The maximum atomic E-state index is 11.6. The average Bonchev–Trinajstić information content (AvgIpc) is 2.26. The molecular formula is C10H8BrClN2O3. The van der Waals surface area contributed by atoms with Crippen LogP contribution in [0.5, 0.6) is 0 Å². The Labute approximate surface area is 111 Å². The smallest absolute Gasteiger partial charge is 0.288 e. The van der Waals surface area contributed by atoms with Crippen LogP contribution in [0.3, 0.4) is 0 Å². The fourth-order valence-corrected chi connectivity index (χ4v) is 1.40. The number of hydrogen-bond acceptors (Lipinski definition) is 3. The van der Waals surface area contributed by atoms with Gasteiger partial charge in [-0.05, 0) is 12.1 Å². The van der Waals surface area contributed by atoms with Gasteiger partial charge in [-0.3, -0.25) is 14.9 Å². The van der Waals surface area contributed by atoms with Gasteiger partial charge in [-0.1, -0.05) is 34.1 Å². The second-order valence-electron chi connectivity index (χ2n) is 3.12. The Morgan fingerprint density at radius 3 is 2.76 bits per heavy atom. The molecule has 90 valence electrons. The predicted molar refractivity (Wildman–Crippen MR) is 68.5 cm³/mol. The number of nitrogens with one attached hydrogen (secondary N) is 1. The van der Waals surface area contributed by atoms with Crippen LogP contribution in [-0.4, -0.2) is 17.4 Å². The van der Waals surface area contributed by atoms with Crippen molar-refractivity contribution in [1.82, 2.24) is 5.32 Å². The zero-order valence-corrected chi connectivity index (χ0v) is 10.9. The van der Waals surface area contributed by atoms with Crippen molar-refractivity contribution in [2.45, 2.75) is 0 Å². The minimum atomic E-state index is -0.636. The number of amides is 1. The molecule has 0 atom stereocenters. The van der Waals surface area contributed by atoms with Gasteiger partial charge in [0.25, 0.3) is 11.6 Å². The molecule has 1 N–H and O–H groups in total. The third kappa shape index (κ3) is 3.83. The summed E-state index contributed by atoms with van der Waals surface area (Å²) >= 11 is 8.71. The van der Waals surface area contributed by atoms with Crippen LogP contribution in [0.2, 0.25) is 5.02 Å². The molecule has 1 amide bonds. The van der Waals surface area contributed by atoms with E-state index in [1.807, 2.05) is 0 Å². The van der Waals surface area contributed by atoms with Gasteiger partial charge in [0, 0.05) is 22.7 Å². The Hall–Kier alpha value is -1.40. The van der Waals surface area contributed by atoms with Crippen LogP contribution in [0.4, 0.5) is 5.69 Å². The molecule has 0 aliphatic heterocycles. The molecule has 17 heavy (non-hydrogen) atoms. The number of rotatable bonds is 4. The number of carbonyl (C=O) groups excluding carboxylic acids is 1. The number of nitrogens with zero attached hydrogens (tertiary/aromatic N) is 1. The van der Waals surface area contributed by atoms with E-state index in [-0.39, 0.29) is 22.8 Å². The summed E-state index contributed by atoms with van der Waals surface area (Å²) in [4.78, 5) is 21.6. The Morgan fingerprint density at radius 1 is 1.59 bits per heavy atom. The molecule has 1 aromatic carbocycles. The van der Waals surface area contributed by atoms with Crippen molar-refractivity contribution >= 4 is 39.1 Å². The normalized spacial score (nSPS) is 9.76. The van der Waals surface area contributed by atoms with Crippen molar-refractivity contribution in [3.8, 4) is 0 Å². The summed E-state index contributed by atoms with van der Waals surface area (Å²) in [6.07, 6.45) is 0. The lowest BCUT2D eigenvalue weighted by molar-refractivity contribution is -0.384. The van der Waals surface area contributed by atoms with Gasteiger partial charge < -0.3 is 5.32 Å². The molecule has 0 radical (unpaired) electrons. The van der Waals surface area contributed by atoms with Gasteiger partial charge in [0.05, 0.1) is 4.92 Å². The molecule has 1 aromatic rings. The maximum absolute atomic E-state index is 11.6. The molecule has 0 fully saturated rings. The van der Waals surface area contributed by atoms with Crippen molar-refractivity contribution in [3.05, 3.63) is 50.0 Å². The number of nitro benzene ring substituents is 1. The van der Waals surface area contributed by atoms with E-state index in [0.29, 0.717) is 4.48 Å². The third-order valence-corrected chi connectivity index (χ3v) is 2.45. The van der Waals surface area contributed by atoms with Gasteiger partial charge in [-0.15, -0.1) is 0 Å². The summed E-state index contributed by atoms with van der Waals surface area (Å²) in [5.41, 5.74) is -0.119.